The molecule has 1 saturated heterocycles. The summed E-state index contributed by atoms with van der Waals surface area (Å²) in [5.74, 6) is -2.79. The van der Waals surface area contributed by atoms with Crippen LogP contribution >= 0.6 is 0 Å². The van der Waals surface area contributed by atoms with E-state index in [1.165, 1.54) is 42.7 Å². The minimum Gasteiger partial charge on any atom is -0.497 e. The van der Waals surface area contributed by atoms with E-state index in [-0.39, 0.29) is 5.56 Å². The van der Waals surface area contributed by atoms with Crippen LogP contribution in [0.5, 0.6) is 5.75 Å². The number of rotatable bonds is 6. The molecule has 2 unspecified atom stereocenters. The van der Waals surface area contributed by atoms with Crippen LogP contribution in [0.2, 0.25) is 0 Å². The van der Waals surface area contributed by atoms with E-state index in [1.54, 1.807) is 54.7 Å². The quantitative estimate of drug-likeness (QED) is 0.232. The van der Waals surface area contributed by atoms with Crippen molar-refractivity contribution >= 4 is 23.2 Å². The van der Waals surface area contributed by atoms with Crippen molar-refractivity contribution < 1.29 is 27.9 Å². The van der Waals surface area contributed by atoms with E-state index in [0.717, 1.165) is 5.56 Å². The molecular weight excluding hydrogens is 451 g/mol. The van der Waals surface area contributed by atoms with Gasteiger partial charge in [0.05, 0.1) is 19.3 Å². The molecule has 0 spiro atoms. The van der Waals surface area contributed by atoms with E-state index < -0.39 is 35.3 Å². The second-order valence-electron chi connectivity index (χ2n) is 8.02. The summed E-state index contributed by atoms with van der Waals surface area (Å²) in [6.07, 6.45) is 2.87. The molecule has 8 heteroatoms. The van der Waals surface area contributed by atoms with Crippen molar-refractivity contribution in [1.29, 1.82) is 0 Å². The van der Waals surface area contributed by atoms with Crippen molar-refractivity contribution in [2.45, 2.75) is 6.04 Å². The largest absolute Gasteiger partial charge is 0.497 e. The van der Waals surface area contributed by atoms with Crippen LogP contribution in [0.4, 0.5) is 10.1 Å². The predicted octanol–water partition coefficient (Wildman–Crippen LogP) is 4.65. The number of oxazole rings is 1. The Kier molecular flexibility index (Phi) is 5.70. The van der Waals surface area contributed by atoms with Gasteiger partial charge in [0.2, 0.25) is 5.78 Å². The number of amides is 1. The predicted molar refractivity (Wildman–Crippen MR) is 124 cm³/mol. The van der Waals surface area contributed by atoms with Gasteiger partial charge in [-0.3, -0.25) is 19.3 Å². The Balaban J connectivity index is 1.57. The third-order valence-corrected chi connectivity index (χ3v) is 6.04. The highest BCUT2D eigenvalue weighted by Gasteiger charge is 2.52. The summed E-state index contributed by atoms with van der Waals surface area (Å²) in [5, 5.41) is 0. The number of anilines is 1. The summed E-state index contributed by atoms with van der Waals surface area (Å²) in [7, 11) is 1.51. The van der Waals surface area contributed by atoms with Crippen LogP contribution in [0.3, 0.4) is 0 Å². The molecule has 1 aromatic heterocycles. The molecule has 5 rings (SSSR count). The fraction of sp³-hybridized carbons (Fsp3) is 0.111. The molecule has 0 saturated carbocycles. The topological polar surface area (TPSA) is 89.7 Å². The smallest absolute Gasteiger partial charge is 0.295 e. The Morgan fingerprint density at radius 3 is 2.26 bits per heavy atom. The number of halogens is 1. The number of Topliss-reactive ketones (excluding diaryl/α,β-unsaturated/α-hetero) is 2. The molecule has 1 aliphatic heterocycles. The number of carbonyl (C=O) groups excluding carboxylic acids is 3. The van der Waals surface area contributed by atoms with Gasteiger partial charge in [-0.25, -0.2) is 9.37 Å². The highest BCUT2D eigenvalue weighted by molar-refractivity contribution is 6.49. The van der Waals surface area contributed by atoms with Crippen molar-refractivity contribution in [2.24, 2.45) is 5.92 Å². The van der Waals surface area contributed by atoms with Crippen LogP contribution in [0.15, 0.2) is 89.8 Å². The lowest BCUT2D eigenvalue weighted by Crippen LogP contribution is -2.30. The highest BCUT2D eigenvalue weighted by Crippen LogP contribution is 2.41. The zero-order valence-electron chi connectivity index (χ0n) is 18.6. The lowest BCUT2D eigenvalue weighted by Gasteiger charge is -2.27. The Labute approximate surface area is 199 Å². The molecule has 2 heterocycles. The number of aromatic nitrogens is 1. The standard InChI is InChI=1S/C27H19FN2O5/c1-34-21-12-6-18(7-13-21)25(31)23-24(17-2-8-19(28)9-3-17)30(27(33)26(23)32)20-10-4-16(5-11-20)22-14-29-15-35-22/h2-15,23-24H,1H3. The van der Waals surface area contributed by atoms with Gasteiger partial charge < -0.3 is 9.15 Å². The lowest BCUT2D eigenvalue weighted by atomic mass is 9.86. The van der Waals surface area contributed by atoms with Crippen molar-refractivity contribution in [3.63, 3.8) is 0 Å². The van der Waals surface area contributed by atoms with Crippen LogP contribution in [0.1, 0.15) is 22.0 Å². The van der Waals surface area contributed by atoms with Gasteiger partial charge in [0.1, 0.15) is 17.5 Å². The molecule has 1 fully saturated rings. The van der Waals surface area contributed by atoms with Crippen LogP contribution in [-0.4, -0.2) is 29.6 Å². The third-order valence-electron chi connectivity index (χ3n) is 6.04. The number of nitrogens with zero attached hydrogens (tertiary/aromatic N) is 2. The maximum absolute atomic E-state index is 13.7. The van der Waals surface area contributed by atoms with Gasteiger partial charge >= 0.3 is 0 Å². The van der Waals surface area contributed by atoms with Gasteiger partial charge in [-0.15, -0.1) is 0 Å². The number of ketones is 2. The van der Waals surface area contributed by atoms with Gasteiger partial charge in [-0.2, -0.15) is 0 Å². The van der Waals surface area contributed by atoms with Crippen molar-refractivity contribution in [3.05, 3.63) is 102 Å². The second-order valence-corrected chi connectivity index (χ2v) is 8.02. The van der Waals surface area contributed by atoms with E-state index in [1.807, 2.05) is 0 Å². The molecule has 1 amide bonds. The average Bonchev–Trinajstić information content (AvgIpc) is 3.52. The molecular formula is C27H19FN2O5. The summed E-state index contributed by atoms with van der Waals surface area (Å²) in [6.45, 7) is 0. The molecule has 7 nitrogen and oxygen atoms in total. The molecule has 3 aromatic carbocycles. The monoisotopic (exact) mass is 470 g/mol. The first-order valence-electron chi connectivity index (χ1n) is 10.8. The first-order chi connectivity index (χ1) is 17.0. The first-order valence-corrected chi connectivity index (χ1v) is 10.8. The molecule has 174 valence electrons. The minimum atomic E-state index is -1.30. The fourth-order valence-electron chi connectivity index (χ4n) is 4.29. The maximum Gasteiger partial charge on any atom is 0.295 e. The van der Waals surface area contributed by atoms with E-state index in [2.05, 4.69) is 4.98 Å². The Hall–Kier alpha value is -4.59. The van der Waals surface area contributed by atoms with Gasteiger partial charge in [-0.05, 0) is 66.2 Å². The number of benzene rings is 3. The molecule has 4 aromatic rings. The normalized spacial score (nSPS) is 17.6. The average molecular weight is 470 g/mol. The number of ether oxygens (including phenoxy) is 1. The Morgan fingerprint density at radius 1 is 0.971 bits per heavy atom. The maximum atomic E-state index is 13.7. The summed E-state index contributed by atoms with van der Waals surface area (Å²) in [4.78, 5) is 45.1. The van der Waals surface area contributed by atoms with E-state index in [0.29, 0.717) is 22.8 Å². The summed E-state index contributed by atoms with van der Waals surface area (Å²) >= 11 is 0. The summed E-state index contributed by atoms with van der Waals surface area (Å²) in [6, 6.07) is 17.6. The molecule has 0 aliphatic carbocycles. The van der Waals surface area contributed by atoms with Gasteiger partial charge in [-0.1, -0.05) is 12.1 Å². The van der Waals surface area contributed by atoms with Crippen LogP contribution in [0.25, 0.3) is 11.3 Å². The van der Waals surface area contributed by atoms with Crippen molar-refractivity contribution in [3.8, 4) is 17.1 Å². The molecule has 0 radical (unpaired) electrons. The minimum absolute atomic E-state index is 0.270. The fourth-order valence-corrected chi connectivity index (χ4v) is 4.29. The van der Waals surface area contributed by atoms with Crippen LogP contribution in [-0.2, 0) is 9.59 Å². The summed E-state index contributed by atoms with van der Waals surface area (Å²) in [5.41, 5.74) is 1.89. The van der Waals surface area contributed by atoms with Crippen LogP contribution < -0.4 is 9.64 Å². The summed E-state index contributed by atoms with van der Waals surface area (Å²) < 4.78 is 24.1. The second kappa shape index (κ2) is 8.98. The number of carbonyl (C=O) groups is 3. The molecule has 35 heavy (non-hydrogen) atoms. The molecule has 2 atom stereocenters. The SMILES string of the molecule is COc1ccc(C(=O)C2C(=O)C(=O)N(c3ccc(-c4cnco4)cc3)C2c2ccc(F)cc2)cc1. The van der Waals surface area contributed by atoms with E-state index in [9.17, 15) is 18.8 Å². The van der Waals surface area contributed by atoms with Crippen molar-refractivity contribution in [2.75, 3.05) is 12.0 Å². The number of methoxy groups -OCH3 is 1. The van der Waals surface area contributed by atoms with Crippen LogP contribution in [0, 0.1) is 11.7 Å². The molecule has 1 aliphatic rings. The van der Waals surface area contributed by atoms with Gasteiger partial charge in [0.15, 0.2) is 17.9 Å². The zero-order valence-corrected chi connectivity index (χ0v) is 18.6. The third kappa shape index (κ3) is 3.99. The van der Waals surface area contributed by atoms with Gasteiger partial charge in [0, 0.05) is 16.8 Å². The van der Waals surface area contributed by atoms with E-state index >= 15 is 0 Å². The first kappa shape index (κ1) is 22.2. The zero-order chi connectivity index (χ0) is 24.5. The Morgan fingerprint density at radius 2 is 1.66 bits per heavy atom. The highest BCUT2D eigenvalue weighted by atomic mass is 19.1. The number of hydrogen-bond acceptors (Lipinski definition) is 6. The lowest BCUT2D eigenvalue weighted by molar-refractivity contribution is -0.135. The molecule has 0 bridgehead atoms. The Bertz CT molecular complexity index is 1380. The van der Waals surface area contributed by atoms with Gasteiger partial charge in [0.25, 0.3) is 5.91 Å². The van der Waals surface area contributed by atoms with Crippen molar-refractivity contribution in [1.82, 2.24) is 4.98 Å². The van der Waals surface area contributed by atoms with E-state index in [4.69, 9.17) is 9.15 Å². The molecule has 0 N–H and O–H groups in total. The number of hydrogen-bond donors (Lipinski definition) is 0.